The maximum Gasteiger partial charge on any atom is 0.330 e. The van der Waals surface area contributed by atoms with Crippen molar-refractivity contribution in [3.8, 4) is 17.2 Å². The highest BCUT2D eigenvalue weighted by Crippen LogP contribution is 2.72. The first kappa shape index (κ1) is 32.0. The Labute approximate surface area is 270 Å². The van der Waals surface area contributed by atoms with Crippen LogP contribution in [0.5, 0.6) is 17.2 Å². The highest BCUT2D eigenvalue weighted by atomic mass is 16.6. The zero-order chi connectivity index (χ0) is 33.8. The molecule has 2 fully saturated rings. The molecule has 1 saturated heterocycles. The number of phenolic OH excluding ortho intramolecular Hbond substituents is 1. The van der Waals surface area contributed by atoms with Gasteiger partial charge in [0.25, 0.3) is 0 Å². The Kier molecular flexibility index (Phi) is 7.00. The standard InChI is InChI=1S/C38H44O8/c1-20(2)10-11-24-30-23(14-15-34(6,7)44-30)28(39)27-29(40)25-18-36(16-12-21(3)4)19-26-35(8,9)46-37(33(36)43,17-13-22(5)32(41)42)38(25,26)45-31(24)27/h10,12-15,18,26,39H,11,16-17,19H2,1-9H3,(H,41,42)/b22-13-/t26-,36+,37-,38?/m1/s1. The maximum atomic E-state index is 15.1. The molecule has 3 aliphatic carbocycles. The van der Waals surface area contributed by atoms with Crippen molar-refractivity contribution in [2.24, 2.45) is 11.3 Å². The Morgan fingerprint density at radius 3 is 2.26 bits per heavy atom. The van der Waals surface area contributed by atoms with Gasteiger partial charge in [-0.3, -0.25) is 9.59 Å². The van der Waals surface area contributed by atoms with Crippen molar-refractivity contribution in [1.82, 2.24) is 0 Å². The van der Waals surface area contributed by atoms with Crippen LogP contribution in [0.25, 0.3) is 6.08 Å². The van der Waals surface area contributed by atoms with Gasteiger partial charge in [-0.2, -0.15) is 0 Å². The number of benzene rings is 1. The Morgan fingerprint density at radius 1 is 0.957 bits per heavy atom. The van der Waals surface area contributed by atoms with Crippen LogP contribution in [0.2, 0.25) is 0 Å². The van der Waals surface area contributed by atoms with E-state index in [0.29, 0.717) is 36.1 Å². The van der Waals surface area contributed by atoms with Gasteiger partial charge in [-0.25, -0.2) is 4.79 Å². The first-order valence-corrected chi connectivity index (χ1v) is 16.0. The second-order valence-electron chi connectivity index (χ2n) is 15.2. The van der Waals surface area contributed by atoms with Crippen molar-refractivity contribution in [2.45, 2.75) is 110 Å². The smallest absolute Gasteiger partial charge is 0.330 e. The summed E-state index contributed by atoms with van der Waals surface area (Å²) >= 11 is 0. The lowest BCUT2D eigenvalue weighted by atomic mass is 9.45. The van der Waals surface area contributed by atoms with E-state index in [1.54, 1.807) is 12.2 Å². The molecule has 6 aliphatic rings. The number of hydrogen-bond donors (Lipinski definition) is 2. The zero-order valence-corrected chi connectivity index (χ0v) is 28.2. The fourth-order valence-electron chi connectivity index (χ4n) is 8.21. The van der Waals surface area contributed by atoms with Crippen molar-refractivity contribution in [2.75, 3.05) is 0 Å². The second kappa shape index (κ2) is 10.0. The first-order chi connectivity index (χ1) is 21.3. The van der Waals surface area contributed by atoms with Crippen LogP contribution in [0.3, 0.4) is 0 Å². The third-order valence-electron chi connectivity index (χ3n) is 10.5. The largest absolute Gasteiger partial charge is 0.506 e. The summed E-state index contributed by atoms with van der Waals surface area (Å²) < 4.78 is 20.5. The van der Waals surface area contributed by atoms with E-state index in [4.69, 9.17) is 14.2 Å². The summed E-state index contributed by atoms with van der Waals surface area (Å²) in [6, 6.07) is 0. The summed E-state index contributed by atoms with van der Waals surface area (Å²) in [5.74, 6) is -1.80. The predicted octanol–water partition coefficient (Wildman–Crippen LogP) is 7.24. The van der Waals surface area contributed by atoms with E-state index < -0.39 is 45.5 Å². The van der Waals surface area contributed by atoms with Gasteiger partial charge in [0.15, 0.2) is 22.8 Å². The van der Waals surface area contributed by atoms with Crippen molar-refractivity contribution >= 4 is 23.6 Å². The topological polar surface area (TPSA) is 119 Å². The summed E-state index contributed by atoms with van der Waals surface area (Å²) in [4.78, 5) is 42.0. The van der Waals surface area contributed by atoms with Crippen LogP contribution in [-0.4, -0.2) is 50.2 Å². The van der Waals surface area contributed by atoms with E-state index >= 15 is 4.79 Å². The number of phenols is 1. The van der Waals surface area contributed by atoms with E-state index in [0.717, 1.165) is 11.1 Å². The van der Waals surface area contributed by atoms with Crippen LogP contribution in [0.15, 0.2) is 52.7 Å². The third-order valence-corrected chi connectivity index (χ3v) is 10.5. The van der Waals surface area contributed by atoms with E-state index in [1.165, 1.54) is 13.0 Å². The molecule has 1 aromatic rings. The first-order valence-electron chi connectivity index (χ1n) is 16.0. The number of aliphatic carboxylic acids is 1. The average Bonchev–Trinajstić information content (AvgIpc) is 3.11. The number of aromatic hydroxyl groups is 1. The molecule has 46 heavy (non-hydrogen) atoms. The molecule has 4 atom stereocenters. The molecular formula is C38H44O8. The SMILES string of the molecule is CC(C)=CCc1c2c(c(O)c3c1OC14C(=C[C@@]5(CC=C(C)C)C[C@@H]1C(C)(C)O[C@]4(C/C=C(/C)C(=O)O)C5=O)C3=O)C=CC(C)(C)O2. The van der Waals surface area contributed by atoms with E-state index in [-0.39, 0.29) is 40.4 Å². The molecule has 8 heteroatoms. The minimum atomic E-state index is -1.69. The number of ketones is 2. The zero-order valence-electron chi connectivity index (χ0n) is 28.2. The molecule has 0 radical (unpaired) electrons. The van der Waals surface area contributed by atoms with Crippen molar-refractivity contribution < 1.29 is 38.8 Å². The normalized spacial score (nSPS) is 30.8. The average molecular weight is 629 g/mol. The molecular weight excluding hydrogens is 584 g/mol. The van der Waals surface area contributed by atoms with Crippen LogP contribution >= 0.6 is 0 Å². The molecule has 2 N–H and O–H groups in total. The monoisotopic (exact) mass is 628 g/mol. The lowest BCUT2D eigenvalue weighted by Gasteiger charge is -2.60. The van der Waals surface area contributed by atoms with Crippen LogP contribution in [0, 0.1) is 11.3 Å². The molecule has 1 spiro atoms. The van der Waals surface area contributed by atoms with Crippen molar-refractivity contribution in [1.29, 1.82) is 0 Å². The van der Waals surface area contributed by atoms with Crippen LogP contribution in [0.1, 0.15) is 103 Å². The van der Waals surface area contributed by atoms with Gasteiger partial charge in [-0.15, -0.1) is 0 Å². The molecule has 1 aromatic carbocycles. The maximum absolute atomic E-state index is 15.1. The van der Waals surface area contributed by atoms with Gasteiger partial charge >= 0.3 is 5.97 Å². The molecule has 8 nitrogen and oxygen atoms in total. The van der Waals surface area contributed by atoms with Crippen molar-refractivity contribution in [3.05, 3.63) is 69.4 Å². The molecule has 3 heterocycles. The Bertz CT molecular complexity index is 1760. The van der Waals surface area contributed by atoms with E-state index in [9.17, 15) is 19.8 Å². The number of Topliss-reactive ketones (excluding diaryl/α,β-unsaturated/α-hetero) is 2. The number of fused-ring (bicyclic) bond motifs is 2. The summed E-state index contributed by atoms with van der Waals surface area (Å²) in [5, 5.41) is 21.5. The van der Waals surface area contributed by atoms with Crippen LogP contribution in [0.4, 0.5) is 0 Å². The van der Waals surface area contributed by atoms with E-state index in [1.807, 2.05) is 73.6 Å². The minimum absolute atomic E-state index is 0.0442. The quantitative estimate of drug-likeness (QED) is 0.240. The van der Waals surface area contributed by atoms with Gasteiger partial charge in [0, 0.05) is 29.0 Å². The molecule has 0 amide bonds. The van der Waals surface area contributed by atoms with Crippen LogP contribution < -0.4 is 9.47 Å². The summed E-state index contributed by atoms with van der Waals surface area (Å²) in [6.45, 7) is 17.0. The lowest BCUT2D eigenvalue weighted by molar-refractivity contribution is -0.178. The summed E-state index contributed by atoms with van der Waals surface area (Å²) in [6.07, 6.45) is 12.0. The number of rotatable bonds is 7. The Balaban J connectivity index is 1.70. The Morgan fingerprint density at radius 2 is 1.63 bits per heavy atom. The lowest BCUT2D eigenvalue weighted by Crippen LogP contribution is -2.74. The highest BCUT2D eigenvalue weighted by molar-refractivity contribution is 6.19. The number of carboxylic acid groups (broad SMARTS) is 1. The number of hydrogen-bond acceptors (Lipinski definition) is 7. The molecule has 4 bridgehead atoms. The van der Waals surface area contributed by atoms with Gasteiger partial charge in [0.2, 0.25) is 0 Å². The molecule has 1 saturated carbocycles. The molecule has 7 rings (SSSR count). The number of carbonyl (C=O) groups is 3. The molecule has 244 valence electrons. The Hall–Kier alpha value is -3.91. The van der Waals surface area contributed by atoms with Gasteiger partial charge in [0.05, 0.1) is 16.6 Å². The van der Waals surface area contributed by atoms with Crippen LogP contribution in [-0.2, 0) is 20.7 Å². The number of ether oxygens (including phenoxy) is 3. The van der Waals surface area contributed by atoms with E-state index in [2.05, 4.69) is 0 Å². The summed E-state index contributed by atoms with van der Waals surface area (Å²) in [5.41, 5.74) is -2.43. The number of carbonyl (C=O) groups excluding carboxylic acids is 2. The molecule has 0 aromatic heterocycles. The highest BCUT2D eigenvalue weighted by Gasteiger charge is 2.84. The summed E-state index contributed by atoms with van der Waals surface area (Å²) in [7, 11) is 0. The molecule has 3 aliphatic heterocycles. The minimum Gasteiger partial charge on any atom is -0.506 e. The van der Waals surface area contributed by atoms with Gasteiger partial charge in [0.1, 0.15) is 28.4 Å². The second-order valence-corrected chi connectivity index (χ2v) is 15.2. The number of carboxylic acids is 1. The van der Waals surface area contributed by atoms with Crippen molar-refractivity contribution in [3.63, 3.8) is 0 Å². The molecule has 1 unspecified atom stereocenters. The fraction of sp³-hybridized carbons (Fsp3) is 0.500. The van der Waals surface area contributed by atoms with Gasteiger partial charge < -0.3 is 24.4 Å². The van der Waals surface area contributed by atoms with Gasteiger partial charge in [-0.1, -0.05) is 35.5 Å². The third kappa shape index (κ3) is 4.25. The number of allylic oxidation sites excluding steroid dienone is 5. The predicted molar refractivity (Wildman–Crippen MR) is 174 cm³/mol. The fourth-order valence-corrected chi connectivity index (χ4v) is 8.21. The van der Waals surface area contributed by atoms with Gasteiger partial charge in [-0.05, 0) is 93.7 Å².